The first-order chi connectivity index (χ1) is 11.5. The normalized spacial score (nSPS) is 16.2. The molecule has 1 aromatic carbocycles. The number of sulfonamides is 1. The molecule has 0 N–H and O–H groups in total. The maximum atomic E-state index is 12.5. The van der Waals surface area contributed by atoms with Gasteiger partial charge in [0.1, 0.15) is 0 Å². The van der Waals surface area contributed by atoms with Crippen LogP contribution in [0.1, 0.15) is 11.8 Å². The Balaban J connectivity index is 1.47. The third-order valence-corrected chi connectivity index (χ3v) is 6.93. The Morgan fingerprint density at radius 1 is 1.21 bits per heavy atom. The van der Waals surface area contributed by atoms with Crippen molar-refractivity contribution in [3.05, 3.63) is 51.5 Å². The van der Waals surface area contributed by atoms with E-state index < -0.39 is 10.0 Å². The summed E-state index contributed by atoms with van der Waals surface area (Å²) in [6.07, 6.45) is 0. The Bertz CT molecular complexity index is 946. The van der Waals surface area contributed by atoms with Crippen LogP contribution in [-0.2, 0) is 10.0 Å². The molecular formula is C15H12BrN3O3S2. The third-order valence-electron chi connectivity index (χ3n) is 3.87. The summed E-state index contributed by atoms with van der Waals surface area (Å²) in [6.45, 7) is 0.702. The van der Waals surface area contributed by atoms with E-state index in [2.05, 4.69) is 26.1 Å². The highest BCUT2D eigenvalue weighted by Gasteiger charge is 2.40. The molecule has 0 bridgehead atoms. The number of rotatable bonds is 4. The van der Waals surface area contributed by atoms with Crippen molar-refractivity contribution < 1.29 is 12.9 Å². The predicted octanol–water partition coefficient (Wildman–Crippen LogP) is 3.35. The molecule has 9 heteroatoms. The lowest BCUT2D eigenvalue weighted by Gasteiger charge is -2.35. The Morgan fingerprint density at radius 2 is 1.96 bits per heavy atom. The van der Waals surface area contributed by atoms with E-state index in [1.165, 1.54) is 4.31 Å². The van der Waals surface area contributed by atoms with Gasteiger partial charge in [0.25, 0.3) is 0 Å². The fourth-order valence-corrected chi connectivity index (χ4v) is 4.89. The zero-order chi connectivity index (χ0) is 16.7. The molecule has 0 unspecified atom stereocenters. The molecule has 6 nitrogen and oxygen atoms in total. The van der Waals surface area contributed by atoms with Crippen molar-refractivity contribution in [2.45, 2.75) is 10.8 Å². The highest BCUT2D eigenvalue weighted by Crippen LogP contribution is 2.32. The molecule has 4 rings (SSSR count). The number of hydrogen-bond acceptors (Lipinski definition) is 6. The standard InChI is InChI=1S/C15H12BrN3O3S2/c16-12-1-3-13(4-2-12)24(20,21)19-7-11(8-19)15-17-14(18-22-15)10-5-6-23-9-10/h1-6,9,11H,7-8H2. The van der Waals surface area contributed by atoms with Crippen LogP contribution in [0.3, 0.4) is 0 Å². The minimum absolute atomic E-state index is 0.0601. The van der Waals surface area contributed by atoms with Gasteiger partial charge in [-0.3, -0.25) is 0 Å². The zero-order valence-corrected chi connectivity index (χ0v) is 15.5. The molecule has 1 fully saturated rings. The summed E-state index contributed by atoms with van der Waals surface area (Å²) in [5.41, 5.74) is 0.911. The number of halogens is 1. The molecule has 0 aliphatic carbocycles. The topological polar surface area (TPSA) is 76.3 Å². The molecule has 24 heavy (non-hydrogen) atoms. The smallest absolute Gasteiger partial charge is 0.243 e. The first-order valence-corrected chi connectivity index (χ1v) is 10.3. The molecule has 0 atom stereocenters. The highest BCUT2D eigenvalue weighted by atomic mass is 79.9. The van der Waals surface area contributed by atoms with E-state index in [0.29, 0.717) is 24.8 Å². The van der Waals surface area contributed by atoms with Crippen LogP contribution in [0.5, 0.6) is 0 Å². The molecule has 0 spiro atoms. The molecule has 124 valence electrons. The number of nitrogens with zero attached hydrogens (tertiary/aromatic N) is 3. The Labute approximate surface area is 151 Å². The van der Waals surface area contributed by atoms with E-state index in [1.807, 2.05) is 16.8 Å². The number of thiophene rings is 1. The first kappa shape index (κ1) is 15.9. The fraction of sp³-hybridized carbons (Fsp3) is 0.200. The van der Waals surface area contributed by atoms with Gasteiger partial charge in [-0.25, -0.2) is 8.42 Å². The van der Waals surface area contributed by atoms with Crippen LogP contribution in [0.4, 0.5) is 0 Å². The Kier molecular flexibility index (Phi) is 4.03. The van der Waals surface area contributed by atoms with E-state index in [0.717, 1.165) is 10.0 Å². The molecule has 0 saturated carbocycles. The lowest BCUT2D eigenvalue weighted by atomic mass is 10.0. The van der Waals surface area contributed by atoms with Crippen LogP contribution < -0.4 is 0 Å². The van der Waals surface area contributed by atoms with Crippen molar-refractivity contribution in [3.63, 3.8) is 0 Å². The Morgan fingerprint density at radius 3 is 2.62 bits per heavy atom. The second kappa shape index (κ2) is 6.07. The summed E-state index contributed by atoms with van der Waals surface area (Å²) in [4.78, 5) is 4.66. The van der Waals surface area contributed by atoms with Crippen LogP contribution in [0, 0.1) is 0 Å². The summed E-state index contributed by atoms with van der Waals surface area (Å²) in [7, 11) is -3.47. The van der Waals surface area contributed by atoms with Crippen molar-refractivity contribution in [2.24, 2.45) is 0 Å². The number of hydrogen-bond donors (Lipinski definition) is 0. The van der Waals surface area contributed by atoms with E-state index in [-0.39, 0.29) is 10.8 Å². The average Bonchev–Trinajstić information content (AvgIpc) is 3.16. The minimum atomic E-state index is -3.47. The monoisotopic (exact) mass is 425 g/mol. The van der Waals surface area contributed by atoms with Crippen LogP contribution >= 0.6 is 27.3 Å². The van der Waals surface area contributed by atoms with Gasteiger partial charge in [-0.15, -0.1) is 0 Å². The molecule has 0 amide bonds. The van der Waals surface area contributed by atoms with Gasteiger partial charge in [0.05, 0.1) is 10.8 Å². The van der Waals surface area contributed by atoms with Crippen LogP contribution in [-0.4, -0.2) is 36.0 Å². The molecule has 1 saturated heterocycles. The van der Waals surface area contributed by atoms with Crippen molar-refractivity contribution in [2.75, 3.05) is 13.1 Å². The van der Waals surface area contributed by atoms with Crippen molar-refractivity contribution >= 4 is 37.3 Å². The Hall–Kier alpha value is -1.55. The lowest BCUT2D eigenvalue weighted by Crippen LogP contribution is -2.48. The molecule has 1 aliphatic heterocycles. The highest BCUT2D eigenvalue weighted by molar-refractivity contribution is 9.10. The number of aromatic nitrogens is 2. The predicted molar refractivity (Wildman–Crippen MR) is 93.3 cm³/mol. The van der Waals surface area contributed by atoms with Crippen LogP contribution in [0.25, 0.3) is 11.4 Å². The van der Waals surface area contributed by atoms with Gasteiger partial charge in [0.2, 0.25) is 21.7 Å². The maximum Gasteiger partial charge on any atom is 0.243 e. The van der Waals surface area contributed by atoms with Crippen LogP contribution in [0.15, 0.2) is 55.0 Å². The third kappa shape index (κ3) is 2.81. The summed E-state index contributed by atoms with van der Waals surface area (Å²) < 4.78 is 32.6. The van der Waals surface area contributed by atoms with E-state index in [1.54, 1.807) is 35.6 Å². The van der Waals surface area contributed by atoms with E-state index >= 15 is 0 Å². The minimum Gasteiger partial charge on any atom is -0.339 e. The van der Waals surface area contributed by atoms with Gasteiger partial charge in [-0.1, -0.05) is 21.1 Å². The van der Waals surface area contributed by atoms with Gasteiger partial charge in [-0.2, -0.15) is 20.6 Å². The van der Waals surface area contributed by atoms with Gasteiger partial charge in [0.15, 0.2) is 0 Å². The fourth-order valence-electron chi connectivity index (χ4n) is 2.46. The van der Waals surface area contributed by atoms with Crippen molar-refractivity contribution in [1.82, 2.24) is 14.4 Å². The quantitative estimate of drug-likeness (QED) is 0.640. The molecule has 2 aromatic heterocycles. The second-order valence-electron chi connectivity index (χ2n) is 5.44. The molecule has 3 heterocycles. The van der Waals surface area contributed by atoms with Gasteiger partial charge < -0.3 is 4.52 Å². The van der Waals surface area contributed by atoms with Gasteiger partial charge in [-0.05, 0) is 35.7 Å². The summed E-state index contributed by atoms with van der Waals surface area (Å²) in [6, 6.07) is 8.54. The summed E-state index contributed by atoms with van der Waals surface area (Å²) >= 11 is 4.87. The number of benzene rings is 1. The van der Waals surface area contributed by atoms with E-state index in [4.69, 9.17) is 4.52 Å². The molecule has 1 aliphatic rings. The molecule has 0 radical (unpaired) electrons. The van der Waals surface area contributed by atoms with E-state index in [9.17, 15) is 8.42 Å². The molecular weight excluding hydrogens is 414 g/mol. The van der Waals surface area contributed by atoms with Crippen molar-refractivity contribution in [1.29, 1.82) is 0 Å². The SMILES string of the molecule is O=S(=O)(c1ccc(Br)cc1)N1CC(c2nc(-c3ccsc3)no2)C1. The van der Waals surface area contributed by atoms with Crippen LogP contribution in [0.2, 0.25) is 0 Å². The largest absolute Gasteiger partial charge is 0.339 e. The second-order valence-corrected chi connectivity index (χ2v) is 9.07. The zero-order valence-electron chi connectivity index (χ0n) is 12.3. The molecule has 3 aromatic rings. The lowest BCUT2D eigenvalue weighted by molar-refractivity contribution is 0.217. The summed E-state index contributed by atoms with van der Waals surface area (Å²) in [5, 5.41) is 7.85. The maximum absolute atomic E-state index is 12.5. The van der Waals surface area contributed by atoms with Gasteiger partial charge >= 0.3 is 0 Å². The average molecular weight is 426 g/mol. The summed E-state index contributed by atoms with van der Waals surface area (Å²) in [5.74, 6) is 0.967. The van der Waals surface area contributed by atoms with Gasteiger partial charge in [0, 0.05) is 28.5 Å². The van der Waals surface area contributed by atoms with Crippen molar-refractivity contribution in [3.8, 4) is 11.4 Å². The first-order valence-electron chi connectivity index (χ1n) is 7.16.